The fraction of sp³-hybridized carbons (Fsp3) is 0.364. The molecule has 0 spiro atoms. The van der Waals surface area contributed by atoms with Crippen LogP contribution in [0.15, 0.2) is 54.7 Å². The Morgan fingerprint density at radius 3 is 2.50 bits per heavy atom. The van der Waals surface area contributed by atoms with Crippen LogP contribution in [-0.4, -0.2) is 11.1 Å². The van der Waals surface area contributed by atoms with Crippen molar-refractivity contribution in [1.29, 1.82) is 0 Å². The second-order valence-corrected chi connectivity index (χ2v) is 7.09. The molecular weight excluding hydrogens is 292 g/mol. The number of benzene rings is 2. The minimum Gasteiger partial charge on any atom is -0.343 e. The van der Waals surface area contributed by atoms with Crippen molar-refractivity contribution >= 4 is 10.9 Å². The fourth-order valence-corrected chi connectivity index (χ4v) is 3.18. The normalized spacial score (nSPS) is 11.5. The molecule has 2 nitrogen and oxygen atoms in total. The van der Waals surface area contributed by atoms with E-state index >= 15 is 0 Å². The second-order valence-electron chi connectivity index (χ2n) is 7.09. The molecule has 0 fully saturated rings. The van der Waals surface area contributed by atoms with Crippen molar-refractivity contribution < 1.29 is 0 Å². The second kappa shape index (κ2) is 7.67. The summed E-state index contributed by atoms with van der Waals surface area (Å²) in [6, 6.07) is 17.4. The lowest BCUT2D eigenvalue weighted by atomic mass is 10.1. The molecule has 0 amide bonds. The van der Waals surface area contributed by atoms with Gasteiger partial charge in [-0.3, -0.25) is 0 Å². The lowest BCUT2D eigenvalue weighted by Gasteiger charge is -2.08. The van der Waals surface area contributed by atoms with Crippen LogP contribution in [0, 0.1) is 12.8 Å². The molecule has 0 aliphatic rings. The molecule has 0 aliphatic carbocycles. The van der Waals surface area contributed by atoms with E-state index in [1.807, 2.05) is 0 Å². The summed E-state index contributed by atoms with van der Waals surface area (Å²) in [5, 5.41) is 4.96. The number of para-hydroxylation sites is 1. The summed E-state index contributed by atoms with van der Waals surface area (Å²) in [6.07, 6.45) is 3.54. The first-order chi connectivity index (χ1) is 11.6. The number of fused-ring (bicyclic) bond motifs is 1. The van der Waals surface area contributed by atoms with Gasteiger partial charge in [-0.25, -0.2) is 0 Å². The van der Waals surface area contributed by atoms with Crippen molar-refractivity contribution in [3.8, 4) is 0 Å². The molecule has 3 aromatic rings. The van der Waals surface area contributed by atoms with Gasteiger partial charge in [0.15, 0.2) is 0 Å². The van der Waals surface area contributed by atoms with Crippen molar-refractivity contribution in [3.63, 3.8) is 0 Å². The summed E-state index contributed by atoms with van der Waals surface area (Å²) in [4.78, 5) is 0. The Balaban J connectivity index is 1.82. The number of aryl methyl sites for hydroxylation is 1. The number of hydrogen-bond donors (Lipinski definition) is 1. The van der Waals surface area contributed by atoms with Crippen LogP contribution in [0.3, 0.4) is 0 Å². The van der Waals surface area contributed by atoms with Gasteiger partial charge in [-0.2, -0.15) is 0 Å². The van der Waals surface area contributed by atoms with Crippen LogP contribution >= 0.6 is 0 Å². The van der Waals surface area contributed by atoms with E-state index < -0.39 is 0 Å². The van der Waals surface area contributed by atoms with E-state index in [9.17, 15) is 0 Å². The predicted octanol–water partition coefficient (Wildman–Crippen LogP) is 5.13. The third-order valence-corrected chi connectivity index (χ3v) is 4.69. The van der Waals surface area contributed by atoms with Gasteiger partial charge in [-0.05, 0) is 48.6 Å². The number of rotatable bonds is 7. The van der Waals surface area contributed by atoms with Gasteiger partial charge < -0.3 is 9.88 Å². The van der Waals surface area contributed by atoms with Gasteiger partial charge in [-0.1, -0.05) is 56.3 Å². The van der Waals surface area contributed by atoms with Crippen LogP contribution in [0.2, 0.25) is 0 Å². The maximum atomic E-state index is 3.60. The van der Waals surface area contributed by atoms with Crippen molar-refractivity contribution in [2.24, 2.45) is 5.92 Å². The quantitative estimate of drug-likeness (QED) is 0.597. The van der Waals surface area contributed by atoms with Crippen LogP contribution in [0.25, 0.3) is 10.9 Å². The highest BCUT2D eigenvalue weighted by Gasteiger charge is 2.09. The first-order valence-corrected chi connectivity index (χ1v) is 8.97. The molecule has 2 aromatic carbocycles. The first kappa shape index (κ1) is 16.8. The monoisotopic (exact) mass is 320 g/mol. The topological polar surface area (TPSA) is 17.0 Å². The highest BCUT2D eigenvalue weighted by Crippen LogP contribution is 2.23. The Hall–Kier alpha value is -2.06. The minimum atomic E-state index is 0.750. The Bertz CT molecular complexity index is 799. The number of hydrogen-bond acceptors (Lipinski definition) is 1. The Kier molecular flexibility index (Phi) is 5.37. The van der Waals surface area contributed by atoms with E-state index in [2.05, 4.69) is 85.4 Å². The number of nitrogens with zero attached hydrogens (tertiary/aromatic N) is 1. The van der Waals surface area contributed by atoms with Crippen molar-refractivity contribution in [2.75, 3.05) is 6.54 Å². The molecule has 0 unspecified atom stereocenters. The number of aromatic nitrogens is 1. The molecule has 2 heteroatoms. The molecule has 0 atom stereocenters. The van der Waals surface area contributed by atoms with Gasteiger partial charge in [0.25, 0.3) is 0 Å². The predicted molar refractivity (Wildman–Crippen MR) is 103 cm³/mol. The van der Waals surface area contributed by atoms with Crippen molar-refractivity contribution in [3.05, 3.63) is 71.4 Å². The lowest BCUT2D eigenvalue weighted by molar-refractivity contribution is 0.538. The van der Waals surface area contributed by atoms with Gasteiger partial charge in [0, 0.05) is 30.2 Å². The van der Waals surface area contributed by atoms with Crippen molar-refractivity contribution in [1.82, 2.24) is 9.88 Å². The molecule has 126 valence electrons. The van der Waals surface area contributed by atoms with E-state index in [1.165, 1.54) is 34.0 Å². The third kappa shape index (κ3) is 3.88. The summed E-state index contributed by atoms with van der Waals surface area (Å²) in [6.45, 7) is 9.68. The molecule has 0 radical (unpaired) electrons. The Labute approximate surface area is 145 Å². The summed E-state index contributed by atoms with van der Waals surface area (Å²) in [5.41, 5.74) is 5.45. The Morgan fingerprint density at radius 1 is 0.958 bits per heavy atom. The van der Waals surface area contributed by atoms with Gasteiger partial charge in [-0.15, -0.1) is 0 Å². The van der Waals surface area contributed by atoms with Crippen LogP contribution in [0.1, 0.15) is 37.0 Å². The van der Waals surface area contributed by atoms with E-state index in [4.69, 9.17) is 0 Å². The molecule has 0 saturated carbocycles. The summed E-state index contributed by atoms with van der Waals surface area (Å²) < 4.78 is 2.39. The van der Waals surface area contributed by atoms with E-state index in [0.717, 1.165) is 25.6 Å². The molecule has 3 rings (SSSR count). The first-order valence-electron chi connectivity index (χ1n) is 8.97. The summed E-state index contributed by atoms with van der Waals surface area (Å²) >= 11 is 0. The summed E-state index contributed by atoms with van der Waals surface area (Å²) in [5.74, 6) is 0.750. The van der Waals surface area contributed by atoms with Gasteiger partial charge in [0.1, 0.15) is 0 Å². The highest BCUT2D eigenvalue weighted by atomic mass is 15.0. The highest BCUT2D eigenvalue weighted by molar-refractivity contribution is 5.84. The molecular formula is C22H28N2. The van der Waals surface area contributed by atoms with Crippen LogP contribution < -0.4 is 5.32 Å². The van der Waals surface area contributed by atoms with Crippen molar-refractivity contribution in [2.45, 2.75) is 40.3 Å². The molecule has 0 aliphatic heterocycles. The molecule has 0 bridgehead atoms. The average Bonchev–Trinajstić information content (AvgIpc) is 2.92. The Morgan fingerprint density at radius 2 is 1.71 bits per heavy atom. The summed E-state index contributed by atoms with van der Waals surface area (Å²) in [7, 11) is 0. The van der Waals surface area contributed by atoms with Crippen LogP contribution in [0.5, 0.6) is 0 Å². The van der Waals surface area contributed by atoms with E-state index in [1.54, 1.807) is 0 Å². The fourth-order valence-electron chi connectivity index (χ4n) is 3.18. The maximum absolute atomic E-state index is 3.60. The average molecular weight is 320 g/mol. The lowest BCUT2D eigenvalue weighted by Crippen LogP contribution is -2.16. The zero-order valence-electron chi connectivity index (χ0n) is 15.0. The molecule has 1 aromatic heterocycles. The van der Waals surface area contributed by atoms with E-state index in [-0.39, 0.29) is 0 Å². The molecule has 1 heterocycles. The standard InChI is InChI=1S/C22H28N2/c1-17(2)12-13-23-14-20-16-24(22-11-7-6-10-21(20)22)15-19-9-5-4-8-18(19)3/h4-11,16-17,23H,12-15H2,1-3H3. The smallest absolute Gasteiger partial charge is 0.0486 e. The molecule has 1 N–H and O–H groups in total. The number of nitrogens with one attached hydrogen (secondary N) is 1. The van der Waals surface area contributed by atoms with Gasteiger partial charge >= 0.3 is 0 Å². The third-order valence-electron chi connectivity index (χ3n) is 4.69. The SMILES string of the molecule is Cc1ccccc1Cn1cc(CNCCC(C)C)c2ccccc21. The van der Waals surface area contributed by atoms with Crippen LogP contribution in [0.4, 0.5) is 0 Å². The van der Waals surface area contributed by atoms with E-state index in [0.29, 0.717) is 0 Å². The maximum Gasteiger partial charge on any atom is 0.0486 e. The molecule has 24 heavy (non-hydrogen) atoms. The minimum absolute atomic E-state index is 0.750. The van der Waals surface area contributed by atoms with Crippen LogP contribution in [-0.2, 0) is 13.1 Å². The van der Waals surface area contributed by atoms with Gasteiger partial charge in [0.05, 0.1) is 0 Å². The van der Waals surface area contributed by atoms with Gasteiger partial charge in [0.2, 0.25) is 0 Å². The largest absolute Gasteiger partial charge is 0.343 e. The molecule has 0 saturated heterocycles. The zero-order valence-corrected chi connectivity index (χ0v) is 15.0. The zero-order chi connectivity index (χ0) is 16.9.